The summed E-state index contributed by atoms with van der Waals surface area (Å²) in [5, 5.41) is 0. The predicted octanol–water partition coefficient (Wildman–Crippen LogP) is 3.09. The summed E-state index contributed by atoms with van der Waals surface area (Å²) in [5.74, 6) is 0. The average Bonchev–Trinajstić information content (AvgIpc) is 2.32. The van der Waals surface area contributed by atoms with Crippen molar-refractivity contribution in [3.63, 3.8) is 0 Å². The van der Waals surface area contributed by atoms with Crippen LogP contribution < -0.4 is 0 Å². The summed E-state index contributed by atoms with van der Waals surface area (Å²) in [4.78, 5) is 10.1. The van der Waals surface area contributed by atoms with Crippen LogP contribution in [0, 0.1) is 0 Å². The second-order valence-corrected chi connectivity index (χ2v) is 3.75. The van der Waals surface area contributed by atoms with Crippen LogP contribution in [0.4, 0.5) is 0 Å². The standard InChI is InChI=1S/C13H24O3/c1-15-13(16-2)11-9-7-5-3-4-6-8-10-12-14/h3-4,12-13H,5-11H2,1-2H3/b4-3-. The van der Waals surface area contributed by atoms with Crippen LogP contribution in [-0.4, -0.2) is 26.8 Å². The number of aldehydes is 1. The van der Waals surface area contributed by atoms with Crippen molar-refractivity contribution >= 4 is 6.29 Å². The number of hydrogen-bond donors (Lipinski definition) is 0. The van der Waals surface area contributed by atoms with Gasteiger partial charge in [0, 0.05) is 20.6 Å². The Morgan fingerprint density at radius 3 is 2.12 bits per heavy atom. The lowest BCUT2D eigenvalue weighted by Gasteiger charge is -2.11. The number of ether oxygens (including phenoxy) is 2. The second kappa shape index (κ2) is 12.4. The highest BCUT2D eigenvalue weighted by Gasteiger charge is 2.02. The molecule has 0 radical (unpaired) electrons. The highest BCUT2D eigenvalue weighted by molar-refractivity contribution is 5.48. The van der Waals surface area contributed by atoms with Gasteiger partial charge >= 0.3 is 0 Å². The Hall–Kier alpha value is -0.670. The van der Waals surface area contributed by atoms with E-state index in [1.807, 2.05) is 0 Å². The number of unbranched alkanes of at least 4 members (excludes halogenated alkanes) is 4. The molecule has 0 heterocycles. The second-order valence-electron chi connectivity index (χ2n) is 3.75. The fourth-order valence-electron chi connectivity index (χ4n) is 1.46. The minimum Gasteiger partial charge on any atom is -0.356 e. The van der Waals surface area contributed by atoms with E-state index in [1.54, 1.807) is 14.2 Å². The number of methoxy groups -OCH3 is 2. The zero-order valence-electron chi connectivity index (χ0n) is 10.5. The third-order valence-corrected chi connectivity index (χ3v) is 2.45. The maximum absolute atomic E-state index is 10.1. The minimum atomic E-state index is -0.0587. The molecule has 16 heavy (non-hydrogen) atoms. The van der Waals surface area contributed by atoms with Crippen molar-refractivity contribution in [2.75, 3.05) is 14.2 Å². The normalized spacial score (nSPS) is 11.4. The first-order valence-corrected chi connectivity index (χ1v) is 5.99. The van der Waals surface area contributed by atoms with Gasteiger partial charge in [0.1, 0.15) is 6.29 Å². The molecular weight excluding hydrogens is 204 g/mol. The highest BCUT2D eigenvalue weighted by Crippen LogP contribution is 2.07. The van der Waals surface area contributed by atoms with Crippen molar-refractivity contribution in [1.29, 1.82) is 0 Å². The molecule has 0 atom stereocenters. The first-order chi connectivity index (χ1) is 7.85. The van der Waals surface area contributed by atoms with E-state index in [4.69, 9.17) is 9.47 Å². The molecule has 0 N–H and O–H groups in total. The van der Waals surface area contributed by atoms with Crippen LogP contribution in [0.2, 0.25) is 0 Å². The summed E-state index contributed by atoms with van der Waals surface area (Å²) < 4.78 is 10.2. The van der Waals surface area contributed by atoms with Crippen molar-refractivity contribution < 1.29 is 14.3 Å². The number of allylic oxidation sites excluding steroid dienone is 2. The number of carbonyl (C=O) groups is 1. The summed E-state index contributed by atoms with van der Waals surface area (Å²) in [6.07, 6.45) is 12.2. The third-order valence-electron chi connectivity index (χ3n) is 2.45. The molecule has 94 valence electrons. The lowest BCUT2D eigenvalue weighted by Crippen LogP contribution is -2.12. The largest absolute Gasteiger partial charge is 0.356 e. The monoisotopic (exact) mass is 228 g/mol. The maximum atomic E-state index is 10.1. The summed E-state index contributed by atoms with van der Waals surface area (Å²) >= 11 is 0. The molecule has 0 aliphatic carbocycles. The molecule has 0 aliphatic rings. The molecule has 0 unspecified atom stereocenters. The summed E-state index contributed by atoms with van der Waals surface area (Å²) in [5.41, 5.74) is 0. The number of carbonyl (C=O) groups excluding carboxylic acids is 1. The van der Waals surface area contributed by atoms with Crippen molar-refractivity contribution in [3.8, 4) is 0 Å². The molecule has 0 fully saturated rings. The van der Waals surface area contributed by atoms with E-state index in [1.165, 1.54) is 0 Å². The fourth-order valence-corrected chi connectivity index (χ4v) is 1.46. The lowest BCUT2D eigenvalue weighted by molar-refractivity contribution is -0.108. The van der Waals surface area contributed by atoms with Crippen LogP contribution >= 0.6 is 0 Å². The van der Waals surface area contributed by atoms with Gasteiger partial charge in [0.15, 0.2) is 6.29 Å². The van der Waals surface area contributed by atoms with Crippen LogP contribution in [0.5, 0.6) is 0 Å². The van der Waals surface area contributed by atoms with Gasteiger partial charge < -0.3 is 14.3 Å². The Kier molecular flexibility index (Phi) is 11.9. The van der Waals surface area contributed by atoms with Crippen LogP contribution in [0.1, 0.15) is 44.9 Å². The van der Waals surface area contributed by atoms with E-state index < -0.39 is 0 Å². The van der Waals surface area contributed by atoms with Gasteiger partial charge in [-0.3, -0.25) is 0 Å². The van der Waals surface area contributed by atoms with E-state index in [-0.39, 0.29) is 6.29 Å². The van der Waals surface area contributed by atoms with Gasteiger partial charge in [0.2, 0.25) is 0 Å². The molecule has 0 aliphatic heterocycles. The zero-order chi connectivity index (χ0) is 12.1. The molecule has 0 aromatic rings. The Balaban J connectivity index is 3.22. The molecule has 3 nitrogen and oxygen atoms in total. The van der Waals surface area contributed by atoms with E-state index in [9.17, 15) is 4.79 Å². The zero-order valence-corrected chi connectivity index (χ0v) is 10.5. The molecule has 0 rings (SSSR count). The smallest absolute Gasteiger partial charge is 0.156 e. The van der Waals surface area contributed by atoms with Gasteiger partial charge in [-0.25, -0.2) is 0 Å². The molecular formula is C13H24O3. The molecule has 0 aromatic heterocycles. The SMILES string of the molecule is COC(CCCC/C=C\CCCC=O)OC. The van der Waals surface area contributed by atoms with Gasteiger partial charge in [-0.05, 0) is 38.5 Å². The topological polar surface area (TPSA) is 35.5 Å². The van der Waals surface area contributed by atoms with Crippen molar-refractivity contribution in [2.45, 2.75) is 51.2 Å². The number of hydrogen-bond acceptors (Lipinski definition) is 3. The first kappa shape index (κ1) is 15.3. The van der Waals surface area contributed by atoms with E-state index >= 15 is 0 Å². The minimum absolute atomic E-state index is 0.0587. The van der Waals surface area contributed by atoms with Gasteiger partial charge in [0.05, 0.1) is 0 Å². The molecule has 0 saturated heterocycles. The van der Waals surface area contributed by atoms with Crippen LogP contribution in [0.15, 0.2) is 12.2 Å². The van der Waals surface area contributed by atoms with Gasteiger partial charge in [0.25, 0.3) is 0 Å². The van der Waals surface area contributed by atoms with E-state index in [2.05, 4.69) is 12.2 Å². The van der Waals surface area contributed by atoms with Gasteiger partial charge in [-0.2, -0.15) is 0 Å². The van der Waals surface area contributed by atoms with Gasteiger partial charge in [-0.1, -0.05) is 12.2 Å². The summed E-state index contributed by atoms with van der Waals surface area (Å²) in [7, 11) is 3.34. The molecule has 0 aromatic carbocycles. The summed E-state index contributed by atoms with van der Waals surface area (Å²) in [6, 6.07) is 0. The number of rotatable bonds is 11. The van der Waals surface area contributed by atoms with E-state index in [0.717, 1.165) is 44.8 Å². The van der Waals surface area contributed by atoms with Crippen LogP contribution in [-0.2, 0) is 14.3 Å². The van der Waals surface area contributed by atoms with Crippen LogP contribution in [0.25, 0.3) is 0 Å². The lowest BCUT2D eigenvalue weighted by atomic mass is 10.1. The van der Waals surface area contributed by atoms with Crippen molar-refractivity contribution in [2.24, 2.45) is 0 Å². The fraction of sp³-hybridized carbons (Fsp3) is 0.769. The Bertz CT molecular complexity index is 174. The predicted molar refractivity (Wildman–Crippen MR) is 65.3 cm³/mol. The average molecular weight is 228 g/mol. The van der Waals surface area contributed by atoms with E-state index in [0.29, 0.717) is 6.42 Å². The first-order valence-electron chi connectivity index (χ1n) is 5.99. The molecule has 0 spiro atoms. The summed E-state index contributed by atoms with van der Waals surface area (Å²) in [6.45, 7) is 0. The quantitative estimate of drug-likeness (QED) is 0.236. The molecule has 0 saturated carbocycles. The Morgan fingerprint density at radius 1 is 0.938 bits per heavy atom. The molecule has 0 amide bonds. The Morgan fingerprint density at radius 2 is 1.56 bits per heavy atom. The van der Waals surface area contributed by atoms with Crippen LogP contribution in [0.3, 0.4) is 0 Å². The molecule has 3 heteroatoms. The van der Waals surface area contributed by atoms with Crippen molar-refractivity contribution in [3.05, 3.63) is 12.2 Å². The highest BCUT2D eigenvalue weighted by atomic mass is 16.7. The molecule has 0 bridgehead atoms. The van der Waals surface area contributed by atoms with Gasteiger partial charge in [-0.15, -0.1) is 0 Å². The Labute approximate surface area is 98.8 Å². The maximum Gasteiger partial charge on any atom is 0.156 e. The van der Waals surface area contributed by atoms with Crippen molar-refractivity contribution in [1.82, 2.24) is 0 Å². The third kappa shape index (κ3) is 9.87.